The maximum Gasteiger partial charge on any atom is 0.144 e. The third-order valence-electron chi connectivity index (χ3n) is 3.82. The van der Waals surface area contributed by atoms with Gasteiger partial charge in [0.1, 0.15) is 13.7 Å². The minimum Gasteiger partial charge on any atom is -0.382 e. The van der Waals surface area contributed by atoms with Crippen LogP contribution in [0.5, 0.6) is 0 Å². The number of aromatic nitrogens is 2. The highest BCUT2D eigenvalue weighted by Crippen LogP contribution is 2.23. The van der Waals surface area contributed by atoms with Crippen LogP contribution in [-0.2, 0) is 6.42 Å². The second-order valence-corrected chi connectivity index (χ2v) is 5.45. The summed E-state index contributed by atoms with van der Waals surface area (Å²) in [4.78, 5) is 8.95. The van der Waals surface area contributed by atoms with E-state index in [-0.39, 0.29) is 0 Å². The van der Waals surface area contributed by atoms with E-state index in [9.17, 15) is 0 Å². The maximum atomic E-state index is 6.04. The average molecular weight is 287 g/mol. The summed E-state index contributed by atoms with van der Waals surface area (Å²) in [6.07, 6.45) is 2.97. The number of hydrogen-bond acceptors (Lipinski definition) is 3. The van der Waals surface area contributed by atoms with E-state index >= 15 is 0 Å². The number of aryl methyl sites for hydroxylation is 1. The maximum absolute atomic E-state index is 6.04. The summed E-state index contributed by atoms with van der Waals surface area (Å²) >= 11 is 0. The first kappa shape index (κ1) is 14.6. The van der Waals surface area contributed by atoms with Gasteiger partial charge in [-0.15, -0.1) is 0 Å². The molecule has 2 aromatic carbocycles. The van der Waals surface area contributed by atoms with E-state index in [2.05, 4.69) is 41.2 Å². The van der Waals surface area contributed by atoms with Crippen molar-refractivity contribution in [2.45, 2.75) is 26.2 Å². The van der Waals surface area contributed by atoms with Gasteiger partial charge in [0.2, 0.25) is 0 Å². The predicted molar refractivity (Wildman–Crippen MR) is 93.4 cm³/mol. The molecule has 22 heavy (non-hydrogen) atoms. The lowest BCUT2D eigenvalue weighted by molar-refractivity contribution is 0.776. The molecule has 108 valence electrons. The molecule has 2 radical (unpaired) electrons. The molecule has 2 N–H and O–H groups in total. The Morgan fingerprint density at radius 3 is 2.59 bits per heavy atom. The SMILES string of the molecule is [B]c1nc(N)c(CCCC)nc1-c1ccc2ccccc2c1. The van der Waals surface area contributed by atoms with Crippen LogP contribution >= 0.6 is 0 Å². The first-order valence-corrected chi connectivity index (χ1v) is 7.60. The van der Waals surface area contributed by atoms with E-state index in [4.69, 9.17) is 13.6 Å². The highest BCUT2D eigenvalue weighted by atomic mass is 14.9. The summed E-state index contributed by atoms with van der Waals surface area (Å²) in [7, 11) is 6.04. The van der Waals surface area contributed by atoms with E-state index < -0.39 is 0 Å². The molecule has 0 unspecified atom stereocenters. The fraction of sp³-hybridized carbons (Fsp3) is 0.222. The quantitative estimate of drug-likeness (QED) is 0.750. The molecular formula is C18H18BN3. The van der Waals surface area contributed by atoms with Crippen LogP contribution in [-0.4, -0.2) is 17.8 Å². The molecule has 3 nitrogen and oxygen atoms in total. The molecule has 0 spiro atoms. The zero-order valence-electron chi connectivity index (χ0n) is 12.7. The third kappa shape index (κ3) is 2.82. The van der Waals surface area contributed by atoms with Crippen molar-refractivity contribution in [1.29, 1.82) is 0 Å². The fourth-order valence-corrected chi connectivity index (χ4v) is 2.57. The standard InChI is InChI=1S/C18H18BN3/c1-2-3-8-15-18(20)22-17(19)16(21-15)14-10-9-12-6-4-5-7-13(12)11-14/h4-7,9-11H,2-3,8H2,1H3,(H2,20,22). The summed E-state index contributed by atoms with van der Waals surface area (Å²) < 4.78 is 0. The van der Waals surface area contributed by atoms with Gasteiger partial charge in [0.25, 0.3) is 0 Å². The zero-order chi connectivity index (χ0) is 15.5. The van der Waals surface area contributed by atoms with E-state index in [1.165, 1.54) is 5.39 Å². The van der Waals surface area contributed by atoms with Gasteiger partial charge in [0.05, 0.1) is 11.4 Å². The number of benzene rings is 2. The molecular weight excluding hydrogens is 269 g/mol. The van der Waals surface area contributed by atoms with E-state index in [1.807, 2.05) is 18.2 Å². The lowest BCUT2D eigenvalue weighted by atomic mass is 9.95. The normalized spacial score (nSPS) is 11.0. The first-order valence-electron chi connectivity index (χ1n) is 7.60. The van der Waals surface area contributed by atoms with Crippen LogP contribution in [0.25, 0.3) is 22.0 Å². The Kier molecular flexibility index (Phi) is 4.10. The number of nitrogens with zero attached hydrogens (tertiary/aromatic N) is 2. The minimum atomic E-state index is 0.382. The number of rotatable bonds is 4. The van der Waals surface area contributed by atoms with Gasteiger partial charge in [-0.25, -0.2) is 9.97 Å². The van der Waals surface area contributed by atoms with Crippen LogP contribution in [0.4, 0.5) is 5.82 Å². The van der Waals surface area contributed by atoms with Crippen molar-refractivity contribution in [2.24, 2.45) is 0 Å². The molecule has 3 rings (SSSR count). The Labute approximate surface area is 132 Å². The zero-order valence-corrected chi connectivity index (χ0v) is 12.7. The summed E-state index contributed by atoms with van der Waals surface area (Å²) in [6.45, 7) is 2.14. The van der Waals surface area contributed by atoms with Crippen molar-refractivity contribution >= 4 is 30.0 Å². The van der Waals surface area contributed by atoms with Crippen LogP contribution in [0, 0.1) is 0 Å². The Hall–Kier alpha value is -2.36. The van der Waals surface area contributed by atoms with Crippen LogP contribution in [0.3, 0.4) is 0 Å². The molecule has 4 heteroatoms. The van der Waals surface area contributed by atoms with E-state index in [0.717, 1.165) is 35.9 Å². The molecule has 0 amide bonds. The van der Waals surface area contributed by atoms with E-state index in [1.54, 1.807) is 0 Å². The monoisotopic (exact) mass is 287 g/mol. The molecule has 1 aromatic heterocycles. The number of unbranched alkanes of at least 4 members (excludes halogenated alkanes) is 1. The van der Waals surface area contributed by atoms with Crippen LogP contribution in [0.15, 0.2) is 42.5 Å². The molecule has 0 aliphatic rings. The van der Waals surface area contributed by atoms with Crippen LogP contribution in [0.2, 0.25) is 0 Å². The van der Waals surface area contributed by atoms with Crippen molar-refractivity contribution in [3.05, 3.63) is 48.2 Å². The summed E-state index contributed by atoms with van der Waals surface area (Å²) in [5, 5.41) is 2.35. The molecule has 0 aliphatic carbocycles. The third-order valence-corrected chi connectivity index (χ3v) is 3.82. The summed E-state index contributed by atoms with van der Waals surface area (Å²) in [6, 6.07) is 14.4. The van der Waals surface area contributed by atoms with Gasteiger partial charge in [-0.3, -0.25) is 0 Å². The molecule has 0 fully saturated rings. The Morgan fingerprint density at radius 2 is 1.82 bits per heavy atom. The summed E-state index contributed by atoms with van der Waals surface area (Å²) in [5.74, 6) is 0.440. The Morgan fingerprint density at radius 1 is 1.05 bits per heavy atom. The molecule has 0 bridgehead atoms. The van der Waals surface area contributed by atoms with Crippen molar-refractivity contribution < 1.29 is 0 Å². The highest BCUT2D eigenvalue weighted by Gasteiger charge is 2.10. The molecule has 3 aromatic rings. The van der Waals surface area contributed by atoms with Gasteiger partial charge >= 0.3 is 0 Å². The van der Waals surface area contributed by atoms with Crippen molar-refractivity contribution in [3.63, 3.8) is 0 Å². The second kappa shape index (κ2) is 6.18. The van der Waals surface area contributed by atoms with Crippen molar-refractivity contribution in [3.8, 4) is 11.3 Å². The first-order chi connectivity index (χ1) is 10.7. The summed E-state index contributed by atoms with van der Waals surface area (Å²) in [5.41, 5.74) is 8.85. The molecule has 1 heterocycles. The van der Waals surface area contributed by atoms with Gasteiger partial charge in [0, 0.05) is 11.2 Å². The number of hydrogen-bond donors (Lipinski definition) is 1. The van der Waals surface area contributed by atoms with Gasteiger partial charge in [0.15, 0.2) is 0 Å². The topological polar surface area (TPSA) is 51.8 Å². The lowest BCUT2D eigenvalue weighted by Gasteiger charge is -2.11. The number of fused-ring (bicyclic) bond motifs is 1. The van der Waals surface area contributed by atoms with Gasteiger partial charge in [-0.1, -0.05) is 49.7 Å². The van der Waals surface area contributed by atoms with E-state index in [0.29, 0.717) is 17.1 Å². The molecule has 0 aliphatic heterocycles. The minimum absolute atomic E-state index is 0.382. The molecule has 0 saturated carbocycles. The second-order valence-electron chi connectivity index (χ2n) is 5.45. The van der Waals surface area contributed by atoms with Gasteiger partial charge in [-0.2, -0.15) is 0 Å². The predicted octanol–water partition coefficient (Wildman–Crippen LogP) is 3.02. The largest absolute Gasteiger partial charge is 0.382 e. The molecule has 0 atom stereocenters. The smallest absolute Gasteiger partial charge is 0.144 e. The van der Waals surface area contributed by atoms with Crippen molar-refractivity contribution in [2.75, 3.05) is 5.73 Å². The fourth-order valence-electron chi connectivity index (χ4n) is 2.57. The highest BCUT2D eigenvalue weighted by molar-refractivity contribution is 6.34. The number of anilines is 1. The van der Waals surface area contributed by atoms with Crippen LogP contribution in [0.1, 0.15) is 25.5 Å². The van der Waals surface area contributed by atoms with Gasteiger partial charge < -0.3 is 5.73 Å². The number of nitrogen functional groups attached to an aromatic ring is 1. The Balaban J connectivity index is 2.08. The van der Waals surface area contributed by atoms with Gasteiger partial charge in [-0.05, 0) is 29.7 Å². The Bertz CT molecular complexity index is 815. The van der Waals surface area contributed by atoms with Crippen molar-refractivity contribution in [1.82, 2.24) is 9.97 Å². The number of nitrogens with two attached hydrogens (primary N) is 1. The average Bonchev–Trinajstić information content (AvgIpc) is 2.53. The lowest BCUT2D eigenvalue weighted by Crippen LogP contribution is -2.18. The molecule has 0 saturated heterocycles. The van der Waals surface area contributed by atoms with Crippen LogP contribution < -0.4 is 11.3 Å².